The van der Waals surface area contributed by atoms with Crippen molar-refractivity contribution >= 4 is 29.2 Å². The molecule has 0 radical (unpaired) electrons. The molecule has 0 spiro atoms. The summed E-state index contributed by atoms with van der Waals surface area (Å²) in [5.41, 5.74) is 1.63. The molecule has 0 N–H and O–H groups in total. The molecular weight excluding hydrogens is 338 g/mol. The van der Waals surface area contributed by atoms with Gasteiger partial charge in [-0.3, -0.25) is 4.79 Å². The first kappa shape index (κ1) is 17.3. The Bertz CT molecular complexity index is 771. The maximum Gasteiger partial charge on any atom is 0.305 e. The van der Waals surface area contributed by atoms with Gasteiger partial charge in [-0.25, -0.2) is 4.39 Å². The molecule has 0 saturated carbocycles. The topological polar surface area (TPSA) is 26.3 Å². The van der Waals surface area contributed by atoms with Crippen LogP contribution in [0.5, 0.6) is 0 Å². The van der Waals surface area contributed by atoms with Crippen LogP contribution in [0, 0.1) is 17.7 Å². The largest absolute Gasteiger partial charge is 0.469 e. The lowest BCUT2D eigenvalue weighted by molar-refractivity contribution is -0.140. The molecule has 2 nitrogen and oxygen atoms in total. The van der Waals surface area contributed by atoms with E-state index in [2.05, 4.69) is 16.6 Å². The van der Waals surface area contributed by atoms with Crippen molar-refractivity contribution in [2.45, 2.75) is 12.8 Å². The summed E-state index contributed by atoms with van der Waals surface area (Å²) in [5, 5.41) is 0.984. The molecule has 0 saturated heterocycles. The van der Waals surface area contributed by atoms with Gasteiger partial charge < -0.3 is 4.74 Å². The maximum absolute atomic E-state index is 14.0. The summed E-state index contributed by atoms with van der Waals surface area (Å²) in [5.74, 6) is 4.98. The Morgan fingerprint density at radius 3 is 2.35 bits per heavy atom. The Kier molecular flexibility index (Phi) is 6.04. The van der Waals surface area contributed by atoms with Crippen LogP contribution in [-0.4, -0.2) is 13.1 Å². The summed E-state index contributed by atoms with van der Waals surface area (Å²) in [6.07, 6.45) is 0.426. The molecule has 0 aromatic heterocycles. The van der Waals surface area contributed by atoms with Gasteiger partial charge in [-0.1, -0.05) is 41.1 Å². The van der Waals surface area contributed by atoms with E-state index in [0.29, 0.717) is 26.7 Å². The second-order valence-corrected chi connectivity index (χ2v) is 5.66. The van der Waals surface area contributed by atoms with Crippen molar-refractivity contribution in [3.8, 4) is 11.8 Å². The predicted octanol–water partition coefficient (Wildman–Crippen LogP) is 4.64. The number of hydrogen-bond acceptors (Lipinski definition) is 2. The van der Waals surface area contributed by atoms with Gasteiger partial charge in [-0.15, -0.1) is 0 Å². The van der Waals surface area contributed by atoms with Crippen LogP contribution in [0.2, 0.25) is 10.0 Å². The monoisotopic (exact) mass is 350 g/mol. The summed E-state index contributed by atoms with van der Waals surface area (Å²) in [4.78, 5) is 11.1. The normalized spacial score (nSPS) is 9.91. The lowest BCUT2D eigenvalue weighted by Crippen LogP contribution is -2.03. The molecule has 2 aromatic rings. The van der Waals surface area contributed by atoms with Crippen LogP contribution < -0.4 is 0 Å². The van der Waals surface area contributed by atoms with Gasteiger partial charge in [0, 0.05) is 27.6 Å². The molecule has 0 bridgehead atoms. The number of methoxy groups -OCH3 is 1. The SMILES string of the molecule is COC(=O)CCc1ccc(C#Cc2cc(Cl)cc(Cl)c2)cc1F. The molecule has 0 heterocycles. The van der Waals surface area contributed by atoms with E-state index >= 15 is 0 Å². The van der Waals surface area contributed by atoms with Gasteiger partial charge in [0.15, 0.2) is 0 Å². The maximum atomic E-state index is 14.0. The third-order valence-corrected chi connectivity index (χ3v) is 3.53. The first-order valence-electron chi connectivity index (χ1n) is 6.81. The Labute approximate surface area is 144 Å². The second-order valence-electron chi connectivity index (χ2n) is 4.79. The standard InChI is InChI=1S/C18H13Cl2FO2/c1-23-18(22)7-6-14-5-4-12(10-17(14)21)2-3-13-8-15(19)11-16(20)9-13/h4-5,8-11H,6-7H2,1H3. The van der Waals surface area contributed by atoms with Gasteiger partial charge >= 0.3 is 5.97 Å². The Balaban J connectivity index is 2.15. The number of hydrogen-bond donors (Lipinski definition) is 0. The lowest BCUT2D eigenvalue weighted by Gasteiger charge is -2.03. The molecule has 0 fully saturated rings. The van der Waals surface area contributed by atoms with Crippen molar-refractivity contribution in [1.29, 1.82) is 0 Å². The van der Waals surface area contributed by atoms with Crippen LogP contribution in [0.3, 0.4) is 0 Å². The highest BCUT2D eigenvalue weighted by atomic mass is 35.5. The zero-order valence-electron chi connectivity index (χ0n) is 12.3. The van der Waals surface area contributed by atoms with E-state index in [1.807, 2.05) is 0 Å². The van der Waals surface area contributed by atoms with E-state index < -0.39 is 5.82 Å². The first-order chi connectivity index (χ1) is 11.0. The minimum absolute atomic E-state index is 0.138. The van der Waals surface area contributed by atoms with E-state index in [1.54, 1.807) is 30.3 Å². The Hall–Kier alpha value is -2.02. The number of carbonyl (C=O) groups is 1. The fourth-order valence-electron chi connectivity index (χ4n) is 1.94. The third-order valence-electron chi connectivity index (χ3n) is 3.09. The van der Waals surface area contributed by atoms with Crippen LogP contribution >= 0.6 is 23.2 Å². The molecule has 0 unspecified atom stereocenters. The molecule has 0 amide bonds. The molecule has 118 valence electrons. The fourth-order valence-corrected chi connectivity index (χ4v) is 2.46. The zero-order valence-corrected chi connectivity index (χ0v) is 13.8. The Morgan fingerprint density at radius 1 is 1.09 bits per heavy atom. The van der Waals surface area contributed by atoms with Crippen molar-refractivity contribution in [1.82, 2.24) is 0 Å². The number of halogens is 3. The molecule has 0 atom stereocenters. The summed E-state index contributed by atoms with van der Waals surface area (Å²) in [7, 11) is 1.31. The van der Waals surface area contributed by atoms with E-state index in [-0.39, 0.29) is 18.8 Å². The summed E-state index contributed by atoms with van der Waals surface area (Å²) in [6.45, 7) is 0. The molecular formula is C18H13Cl2FO2. The van der Waals surface area contributed by atoms with Crippen LogP contribution in [-0.2, 0) is 16.0 Å². The number of carbonyl (C=O) groups excluding carboxylic acids is 1. The van der Waals surface area contributed by atoms with Gasteiger partial charge in [0.2, 0.25) is 0 Å². The summed E-state index contributed by atoms with van der Waals surface area (Å²) in [6, 6.07) is 9.64. The Morgan fingerprint density at radius 2 is 1.74 bits per heavy atom. The van der Waals surface area contributed by atoms with Crippen molar-refractivity contribution in [2.24, 2.45) is 0 Å². The molecule has 5 heteroatoms. The van der Waals surface area contributed by atoms with Crippen molar-refractivity contribution < 1.29 is 13.9 Å². The summed E-state index contributed by atoms with van der Waals surface area (Å²) < 4.78 is 18.5. The van der Waals surface area contributed by atoms with Crippen molar-refractivity contribution in [2.75, 3.05) is 7.11 Å². The second kappa shape index (κ2) is 8.01. The zero-order chi connectivity index (χ0) is 16.8. The summed E-state index contributed by atoms with van der Waals surface area (Å²) >= 11 is 11.8. The fraction of sp³-hybridized carbons (Fsp3) is 0.167. The van der Waals surface area contributed by atoms with E-state index in [1.165, 1.54) is 13.2 Å². The average Bonchev–Trinajstić information content (AvgIpc) is 2.50. The highest BCUT2D eigenvalue weighted by Crippen LogP contribution is 2.18. The van der Waals surface area contributed by atoms with E-state index in [9.17, 15) is 9.18 Å². The molecule has 23 heavy (non-hydrogen) atoms. The average molecular weight is 351 g/mol. The number of rotatable bonds is 3. The molecule has 0 aliphatic heterocycles. The van der Waals surface area contributed by atoms with Crippen molar-refractivity contribution in [3.63, 3.8) is 0 Å². The van der Waals surface area contributed by atoms with Crippen LogP contribution in [0.25, 0.3) is 0 Å². The lowest BCUT2D eigenvalue weighted by atomic mass is 10.1. The quantitative estimate of drug-likeness (QED) is 0.595. The predicted molar refractivity (Wildman–Crippen MR) is 89.2 cm³/mol. The smallest absolute Gasteiger partial charge is 0.305 e. The van der Waals surface area contributed by atoms with Gasteiger partial charge in [0.05, 0.1) is 7.11 Å². The molecule has 0 aliphatic rings. The van der Waals surface area contributed by atoms with E-state index in [0.717, 1.165) is 0 Å². The number of benzene rings is 2. The van der Waals surface area contributed by atoms with Gasteiger partial charge in [0.25, 0.3) is 0 Å². The van der Waals surface area contributed by atoms with Gasteiger partial charge in [-0.2, -0.15) is 0 Å². The number of esters is 1. The molecule has 0 aliphatic carbocycles. The van der Waals surface area contributed by atoms with Gasteiger partial charge in [0.1, 0.15) is 5.82 Å². The minimum Gasteiger partial charge on any atom is -0.469 e. The number of ether oxygens (including phenoxy) is 1. The molecule has 2 aromatic carbocycles. The minimum atomic E-state index is -0.398. The number of aryl methyl sites for hydroxylation is 1. The molecule has 2 rings (SSSR count). The van der Waals surface area contributed by atoms with Crippen molar-refractivity contribution in [3.05, 3.63) is 69.0 Å². The van der Waals surface area contributed by atoms with Crippen LogP contribution in [0.15, 0.2) is 36.4 Å². The van der Waals surface area contributed by atoms with E-state index in [4.69, 9.17) is 23.2 Å². The highest BCUT2D eigenvalue weighted by molar-refractivity contribution is 6.34. The third kappa shape index (κ3) is 5.28. The first-order valence-corrected chi connectivity index (χ1v) is 7.57. The van der Waals surface area contributed by atoms with Crippen LogP contribution in [0.1, 0.15) is 23.1 Å². The van der Waals surface area contributed by atoms with Gasteiger partial charge in [-0.05, 0) is 42.3 Å². The highest BCUT2D eigenvalue weighted by Gasteiger charge is 2.06. The van der Waals surface area contributed by atoms with Crippen LogP contribution in [0.4, 0.5) is 4.39 Å².